The summed E-state index contributed by atoms with van der Waals surface area (Å²) in [6, 6.07) is 0. The Labute approximate surface area is 116 Å². The van der Waals surface area contributed by atoms with Gasteiger partial charge in [0.15, 0.2) is 0 Å². The third kappa shape index (κ3) is 3.76. The average Bonchev–Trinajstić information content (AvgIpc) is 2.55. The summed E-state index contributed by atoms with van der Waals surface area (Å²) in [5, 5.41) is 4.47. The largest absolute Gasteiger partial charge is 0.392 e. The molecule has 4 nitrogen and oxygen atoms in total. The predicted molar refractivity (Wildman–Crippen MR) is 78.1 cm³/mol. The van der Waals surface area contributed by atoms with E-state index >= 15 is 0 Å². The molecule has 0 aromatic carbocycles. The van der Waals surface area contributed by atoms with Gasteiger partial charge in [-0.2, -0.15) is 5.10 Å². The van der Waals surface area contributed by atoms with E-state index in [4.69, 9.17) is 18.0 Å². The van der Waals surface area contributed by atoms with Crippen molar-refractivity contribution in [2.75, 3.05) is 13.1 Å². The number of rotatable bonds is 6. The number of nitrogens with two attached hydrogens (primary N) is 1. The van der Waals surface area contributed by atoms with Crippen LogP contribution in [0.1, 0.15) is 25.2 Å². The van der Waals surface area contributed by atoms with E-state index < -0.39 is 0 Å². The Morgan fingerprint density at radius 1 is 1.53 bits per heavy atom. The van der Waals surface area contributed by atoms with Gasteiger partial charge < -0.3 is 5.73 Å². The predicted octanol–water partition coefficient (Wildman–Crippen LogP) is 2.08. The molecule has 1 heterocycles. The second-order valence-corrected chi connectivity index (χ2v) is 5.25. The first-order valence-electron chi connectivity index (χ1n) is 5.72. The fourth-order valence-corrected chi connectivity index (χ4v) is 2.32. The SMILES string of the molecule is CCN(CC(N)=S)Cc1c(Br)c(C)nn1CC. The number of thiocarbonyl (C=S) groups is 1. The van der Waals surface area contributed by atoms with Gasteiger partial charge >= 0.3 is 0 Å². The molecule has 0 amide bonds. The van der Waals surface area contributed by atoms with Crippen LogP contribution in [0.15, 0.2) is 4.47 Å². The fraction of sp³-hybridized carbons (Fsp3) is 0.636. The molecule has 0 fully saturated rings. The lowest BCUT2D eigenvalue weighted by Gasteiger charge is -2.20. The third-order valence-corrected chi connectivity index (χ3v) is 3.81. The van der Waals surface area contributed by atoms with E-state index in [-0.39, 0.29) is 0 Å². The van der Waals surface area contributed by atoms with Crippen LogP contribution in [0.3, 0.4) is 0 Å². The lowest BCUT2D eigenvalue weighted by atomic mass is 10.3. The molecule has 17 heavy (non-hydrogen) atoms. The third-order valence-electron chi connectivity index (χ3n) is 2.65. The Hall–Kier alpha value is -0.460. The Morgan fingerprint density at radius 2 is 2.18 bits per heavy atom. The van der Waals surface area contributed by atoms with Crippen LogP contribution in [-0.2, 0) is 13.1 Å². The summed E-state index contributed by atoms with van der Waals surface area (Å²) < 4.78 is 3.10. The standard InChI is InChI=1S/C11H19BrN4S/c1-4-15(7-10(13)17)6-9-11(12)8(3)14-16(9)5-2/h4-7H2,1-3H3,(H2,13,17). The second kappa shape index (κ2) is 6.47. The molecule has 1 aromatic rings. The fourth-order valence-electron chi connectivity index (χ4n) is 1.73. The van der Waals surface area contributed by atoms with Gasteiger partial charge in [-0.15, -0.1) is 0 Å². The number of likely N-dealkylation sites (N-methyl/N-ethyl adjacent to an activating group) is 1. The molecule has 0 unspecified atom stereocenters. The maximum Gasteiger partial charge on any atom is 0.0870 e. The quantitative estimate of drug-likeness (QED) is 0.816. The minimum atomic E-state index is 0.530. The lowest BCUT2D eigenvalue weighted by Crippen LogP contribution is -2.33. The first-order chi connectivity index (χ1) is 7.99. The summed E-state index contributed by atoms with van der Waals surface area (Å²) >= 11 is 8.55. The molecule has 0 radical (unpaired) electrons. The topological polar surface area (TPSA) is 47.1 Å². The minimum absolute atomic E-state index is 0.530. The molecule has 96 valence electrons. The molecule has 0 atom stereocenters. The normalized spacial score (nSPS) is 11.1. The number of aryl methyl sites for hydroxylation is 2. The molecule has 0 aliphatic heterocycles. The van der Waals surface area contributed by atoms with E-state index in [1.807, 2.05) is 11.6 Å². The number of aromatic nitrogens is 2. The minimum Gasteiger partial charge on any atom is -0.392 e. The zero-order valence-corrected chi connectivity index (χ0v) is 12.9. The van der Waals surface area contributed by atoms with E-state index in [1.165, 1.54) is 5.69 Å². The Kier molecular flexibility index (Phi) is 5.55. The summed E-state index contributed by atoms with van der Waals surface area (Å²) in [5.74, 6) is 0. The van der Waals surface area contributed by atoms with Crippen LogP contribution in [-0.4, -0.2) is 32.8 Å². The first kappa shape index (κ1) is 14.6. The molecule has 1 rings (SSSR count). The summed E-state index contributed by atoms with van der Waals surface area (Å²) in [6.45, 7) is 9.43. The molecule has 0 aliphatic carbocycles. The van der Waals surface area contributed by atoms with Crippen molar-refractivity contribution < 1.29 is 0 Å². The van der Waals surface area contributed by atoms with Crippen LogP contribution in [0.2, 0.25) is 0 Å². The zero-order chi connectivity index (χ0) is 13.0. The van der Waals surface area contributed by atoms with Gasteiger partial charge in [0, 0.05) is 19.6 Å². The molecular weight excluding hydrogens is 300 g/mol. The van der Waals surface area contributed by atoms with E-state index in [1.54, 1.807) is 0 Å². The summed E-state index contributed by atoms with van der Waals surface area (Å²) in [4.78, 5) is 2.73. The smallest absolute Gasteiger partial charge is 0.0870 e. The Balaban J connectivity index is 2.88. The molecule has 0 aliphatic rings. The summed E-state index contributed by atoms with van der Waals surface area (Å²) in [7, 11) is 0. The highest BCUT2D eigenvalue weighted by atomic mass is 79.9. The van der Waals surface area contributed by atoms with Gasteiger partial charge in [0.25, 0.3) is 0 Å². The van der Waals surface area contributed by atoms with E-state index in [0.717, 1.165) is 29.8 Å². The number of halogens is 1. The van der Waals surface area contributed by atoms with Crippen molar-refractivity contribution in [3.8, 4) is 0 Å². The molecule has 6 heteroatoms. The van der Waals surface area contributed by atoms with Gasteiger partial charge in [0.1, 0.15) is 0 Å². The van der Waals surface area contributed by atoms with Crippen molar-refractivity contribution in [3.05, 3.63) is 15.9 Å². The van der Waals surface area contributed by atoms with Crippen LogP contribution in [0.4, 0.5) is 0 Å². The molecule has 0 saturated carbocycles. The van der Waals surface area contributed by atoms with E-state index in [0.29, 0.717) is 11.5 Å². The highest BCUT2D eigenvalue weighted by Gasteiger charge is 2.15. The van der Waals surface area contributed by atoms with Crippen molar-refractivity contribution in [2.24, 2.45) is 5.73 Å². The van der Waals surface area contributed by atoms with Crippen LogP contribution in [0, 0.1) is 6.92 Å². The van der Waals surface area contributed by atoms with Crippen molar-refractivity contribution >= 4 is 33.1 Å². The van der Waals surface area contributed by atoms with Gasteiger partial charge in [-0.25, -0.2) is 0 Å². The maximum absolute atomic E-state index is 5.59. The monoisotopic (exact) mass is 318 g/mol. The summed E-state index contributed by atoms with van der Waals surface area (Å²) in [5.41, 5.74) is 7.80. The van der Waals surface area contributed by atoms with Gasteiger partial charge in [-0.05, 0) is 36.3 Å². The Morgan fingerprint density at radius 3 is 2.65 bits per heavy atom. The number of hydrogen-bond donors (Lipinski definition) is 1. The summed E-state index contributed by atoms with van der Waals surface area (Å²) in [6.07, 6.45) is 0. The number of hydrogen-bond acceptors (Lipinski definition) is 3. The molecule has 2 N–H and O–H groups in total. The lowest BCUT2D eigenvalue weighted by molar-refractivity contribution is 0.308. The van der Waals surface area contributed by atoms with Crippen molar-refractivity contribution in [1.82, 2.24) is 14.7 Å². The second-order valence-electron chi connectivity index (χ2n) is 3.93. The van der Waals surface area contributed by atoms with Crippen molar-refractivity contribution in [3.63, 3.8) is 0 Å². The van der Waals surface area contributed by atoms with Crippen LogP contribution in [0.5, 0.6) is 0 Å². The highest BCUT2D eigenvalue weighted by molar-refractivity contribution is 9.10. The molecule has 0 saturated heterocycles. The van der Waals surface area contributed by atoms with Crippen LogP contribution < -0.4 is 5.73 Å². The zero-order valence-electron chi connectivity index (χ0n) is 10.5. The number of nitrogens with zero attached hydrogens (tertiary/aromatic N) is 3. The van der Waals surface area contributed by atoms with Crippen molar-refractivity contribution in [2.45, 2.75) is 33.9 Å². The molecule has 1 aromatic heterocycles. The maximum atomic E-state index is 5.59. The van der Waals surface area contributed by atoms with Crippen molar-refractivity contribution in [1.29, 1.82) is 0 Å². The van der Waals surface area contributed by atoms with Gasteiger partial charge in [0.05, 0.1) is 20.8 Å². The van der Waals surface area contributed by atoms with Gasteiger partial charge in [-0.3, -0.25) is 9.58 Å². The van der Waals surface area contributed by atoms with Crippen LogP contribution >= 0.6 is 28.1 Å². The van der Waals surface area contributed by atoms with Crippen LogP contribution in [0.25, 0.3) is 0 Å². The molecular formula is C11H19BrN4S. The Bertz CT molecular complexity index is 402. The average molecular weight is 319 g/mol. The molecule has 0 spiro atoms. The highest BCUT2D eigenvalue weighted by Crippen LogP contribution is 2.22. The van der Waals surface area contributed by atoms with E-state index in [2.05, 4.69) is 39.8 Å². The molecule has 0 bridgehead atoms. The van der Waals surface area contributed by atoms with E-state index in [9.17, 15) is 0 Å². The van der Waals surface area contributed by atoms with Gasteiger partial charge in [0.2, 0.25) is 0 Å². The van der Waals surface area contributed by atoms with Gasteiger partial charge in [-0.1, -0.05) is 19.1 Å². The first-order valence-corrected chi connectivity index (χ1v) is 6.92.